The molecule has 61 heavy (non-hydrogen) atoms. The van der Waals surface area contributed by atoms with E-state index in [1.165, 1.54) is 6.92 Å². The van der Waals surface area contributed by atoms with Gasteiger partial charge in [0.1, 0.15) is 20.2 Å². The molecule has 0 aliphatic heterocycles. The minimum atomic E-state index is -5.28. The van der Waals surface area contributed by atoms with Gasteiger partial charge in [0.05, 0.1) is 43.1 Å². The van der Waals surface area contributed by atoms with E-state index in [1.807, 2.05) is 0 Å². The van der Waals surface area contributed by atoms with E-state index in [0.717, 1.165) is 54.6 Å². The van der Waals surface area contributed by atoms with Crippen molar-refractivity contribution in [3.8, 4) is 0 Å². The van der Waals surface area contributed by atoms with Gasteiger partial charge in [0.2, 0.25) is 11.8 Å². The molecule has 0 heterocycles. The van der Waals surface area contributed by atoms with E-state index < -0.39 is 126 Å². The van der Waals surface area contributed by atoms with Crippen LogP contribution in [0.5, 0.6) is 0 Å². The summed E-state index contributed by atoms with van der Waals surface area (Å²) in [6, 6.07) is 10.9. The summed E-state index contributed by atoms with van der Waals surface area (Å²) < 4.78 is 141. The molecule has 0 atom stereocenters. The van der Waals surface area contributed by atoms with Crippen LogP contribution in [0, 0.1) is 13.0 Å². The van der Waals surface area contributed by atoms with Gasteiger partial charge in [-0.1, -0.05) is 6.07 Å². The van der Waals surface area contributed by atoms with E-state index in [9.17, 15) is 71.1 Å². The van der Waals surface area contributed by atoms with E-state index in [-0.39, 0.29) is 176 Å². The second-order valence-corrected chi connectivity index (χ2v) is 17.2. The maximum Gasteiger partial charge on any atom is 1.00 e. The van der Waals surface area contributed by atoms with Crippen LogP contribution < -0.4 is 175 Å². The Morgan fingerprint density at radius 1 is 0.639 bits per heavy atom. The maximum atomic E-state index is 12.9. The van der Waals surface area contributed by atoms with Crippen molar-refractivity contribution >= 4 is 86.2 Å². The molecule has 4 aromatic rings. The fourth-order valence-electron chi connectivity index (χ4n) is 5.25. The summed E-state index contributed by atoms with van der Waals surface area (Å²) in [5.74, 6) is -5.16. The van der Waals surface area contributed by atoms with Crippen molar-refractivity contribution in [2.75, 3.05) is 24.1 Å². The molecule has 4 amide bonds. The molecule has 21 nitrogen and oxygen atoms in total. The van der Waals surface area contributed by atoms with Crippen LogP contribution in [0.1, 0.15) is 37.4 Å². The van der Waals surface area contributed by atoms with Crippen LogP contribution in [0.2, 0.25) is 0 Å². The minimum absolute atomic E-state index is 0. The van der Waals surface area contributed by atoms with Crippen LogP contribution in [-0.2, 0) is 62.4 Å². The Labute approximate surface area is 460 Å². The predicted molar refractivity (Wildman–Crippen MR) is 187 cm³/mol. The van der Waals surface area contributed by atoms with Crippen molar-refractivity contribution in [3.05, 3.63) is 88.5 Å². The molecule has 30 heteroatoms. The number of carbonyl (C=O) groups excluding carboxylic acids is 4. The molecule has 4 aromatic carbocycles. The summed E-state index contributed by atoms with van der Waals surface area (Å²) in [6.07, 6.45) is 0. The van der Waals surface area contributed by atoms with Crippen molar-refractivity contribution in [2.45, 2.75) is 33.9 Å². The van der Waals surface area contributed by atoms with Crippen LogP contribution >= 0.6 is 0 Å². The molecule has 4 rings (SSSR count). The van der Waals surface area contributed by atoms with Crippen molar-refractivity contribution < 1.29 is 219 Å². The zero-order valence-electron chi connectivity index (χ0n) is 33.3. The van der Waals surface area contributed by atoms with Crippen LogP contribution in [-0.4, -0.2) is 88.6 Å². The third kappa shape index (κ3) is 18.0. The topological polar surface area (TPSA) is 371 Å². The molecular weight excluding hydrogens is 942 g/mol. The smallest absolute Gasteiger partial charge is 0.754 e. The first-order valence-electron chi connectivity index (χ1n) is 15.2. The number of hydrogen-bond donors (Lipinski definition) is 5. The van der Waals surface area contributed by atoms with Crippen molar-refractivity contribution in [2.24, 2.45) is 0 Å². The Hall–Kier alpha value is -0.540. The average Bonchev–Trinajstić information content (AvgIpc) is 3.06. The van der Waals surface area contributed by atoms with Crippen LogP contribution in [0.3, 0.4) is 0 Å². The number of amides is 4. The van der Waals surface area contributed by atoms with Gasteiger partial charge >= 0.3 is 148 Å². The summed E-state index contributed by atoms with van der Waals surface area (Å²) >= 11 is 0. The number of fused-ring (bicyclic) bond motifs is 1. The maximum absolute atomic E-state index is 12.9. The van der Waals surface area contributed by atoms with Gasteiger partial charge in [-0.3, -0.25) is 27.6 Å². The number of anilines is 2. The monoisotopic (exact) mass is 967 g/mol. The normalized spacial score (nSPS) is 11.2. The molecule has 0 fully saturated rings. The van der Waals surface area contributed by atoms with Gasteiger partial charge in [0, 0.05) is 45.6 Å². The predicted octanol–water partition coefficient (Wildman–Crippen LogP) is -16.3. The fraction of sp³-hybridized carbons (Fsp3) is 0.161. The Balaban J connectivity index is 0. The molecular formula is C31H26N5Na5O16S4. The molecule has 0 unspecified atom stereocenters. The Morgan fingerprint density at radius 3 is 1.64 bits per heavy atom. The molecule has 0 saturated carbocycles. The SMILES string of the molecule is Cc1cc(S(=O)(=O)[O-])c2c(NC(=O)CNC(=O)c3cc(N)cc(C(=O)NCC(=O)NCc4c(CS(=O)(=O)[O-])c[c-]cc4S(=O)(=O)[O-])c3)ccc(S(=O)(=O)[O-])c2c1.[Na+].[Na+].[Na+].[Na+].[Na+]. The van der Waals surface area contributed by atoms with Gasteiger partial charge in [-0.25, -0.2) is 25.3 Å². The van der Waals surface area contributed by atoms with E-state index in [2.05, 4.69) is 27.3 Å². The molecule has 300 valence electrons. The molecule has 0 aliphatic carbocycles. The quantitative estimate of drug-likeness (QED) is 0.0339. The molecule has 0 spiro atoms. The Bertz CT molecular complexity index is 2780. The van der Waals surface area contributed by atoms with E-state index in [0.29, 0.717) is 0 Å². The number of rotatable bonds is 14. The summed E-state index contributed by atoms with van der Waals surface area (Å²) in [4.78, 5) is 48.4. The second-order valence-electron chi connectivity index (χ2n) is 11.7. The number of nitrogens with one attached hydrogen (secondary N) is 4. The number of hydrogen-bond acceptors (Lipinski definition) is 17. The van der Waals surface area contributed by atoms with Gasteiger partial charge in [-0.05, 0) is 53.8 Å². The number of aryl methyl sites for hydroxylation is 1. The third-order valence-electron chi connectivity index (χ3n) is 7.52. The molecule has 0 aliphatic rings. The summed E-state index contributed by atoms with van der Waals surface area (Å²) in [5.41, 5.74) is 3.97. The minimum Gasteiger partial charge on any atom is -0.754 e. The number of nitrogens with two attached hydrogens (primary N) is 1. The molecule has 0 saturated heterocycles. The van der Waals surface area contributed by atoms with E-state index >= 15 is 0 Å². The van der Waals surface area contributed by atoms with E-state index in [1.54, 1.807) is 0 Å². The first-order chi connectivity index (χ1) is 25.7. The van der Waals surface area contributed by atoms with Crippen LogP contribution in [0.15, 0.2) is 69.3 Å². The second kappa shape index (κ2) is 25.4. The summed E-state index contributed by atoms with van der Waals surface area (Å²) in [7, 11) is -20.6. The Kier molecular flexibility index (Phi) is 26.0. The van der Waals surface area contributed by atoms with Gasteiger partial charge in [0.15, 0.2) is 0 Å². The average molecular weight is 968 g/mol. The van der Waals surface area contributed by atoms with Gasteiger partial charge in [0.25, 0.3) is 11.8 Å². The molecule has 6 N–H and O–H groups in total. The van der Waals surface area contributed by atoms with Gasteiger partial charge in [-0.2, -0.15) is 18.2 Å². The molecule has 0 bridgehead atoms. The largest absolute Gasteiger partial charge is 1.00 e. The van der Waals surface area contributed by atoms with Crippen molar-refractivity contribution in [1.82, 2.24) is 16.0 Å². The number of nitrogen functional groups attached to an aromatic ring is 1. The number of benzene rings is 4. The fourth-order valence-corrected chi connectivity index (χ4v) is 8.07. The van der Waals surface area contributed by atoms with E-state index in [4.69, 9.17) is 5.73 Å². The third-order valence-corrected chi connectivity index (χ3v) is 10.8. The van der Waals surface area contributed by atoms with Gasteiger partial charge in [-0.15, -0.1) is 11.1 Å². The van der Waals surface area contributed by atoms with Crippen LogP contribution in [0.25, 0.3) is 10.8 Å². The molecule has 0 radical (unpaired) electrons. The van der Waals surface area contributed by atoms with Crippen LogP contribution in [0.4, 0.5) is 11.4 Å². The van der Waals surface area contributed by atoms with Gasteiger partial charge < -0.3 is 45.2 Å². The first kappa shape index (κ1) is 62.5. The Morgan fingerprint density at radius 2 is 1.15 bits per heavy atom. The number of carbonyl (C=O) groups is 4. The first-order valence-corrected chi connectivity index (χ1v) is 21.0. The zero-order valence-corrected chi connectivity index (χ0v) is 46.5. The van der Waals surface area contributed by atoms with Crippen molar-refractivity contribution in [3.63, 3.8) is 0 Å². The zero-order chi connectivity index (χ0) is 42.0. The molecule has 0 aromatic heterocycles. The van der Waals surface area contributed by atoms with Crippen molar-refractivity contribution in [1.29, 1.82) is 0 Å². The summed E-state index contributed by atoms with van der Waals surface area (Å²) in [6.45, 7) is -1.01. The summed E-state index contributed by atoms with van der Waals surface area (Å²) in [5, 5.41) is 7.81. The standard InChI is InChI=1S/C31H30N5O16S4.5Na/c1-16-7-21-25(55(47,48)49)6-5-23(29(21)26(8-16)56(50,51)52)36-28(38)14-35-31(40)19-9-18(10-20(32)11-19)30(39)34-13-27(37)33-12-22-17(15-53(41,42)43)3-2-4-24(22)54(44,45)46;;;;;/h3-11H,12-15,32H2,1H3,(H,33,37)(H,34,39)(H,35,40)(H,36,38)(H,41,42,43)(H,44,45,46)(H,47,48,49)(H,50,51,52);;;;;/q-1;5*+1/p-4.